The van der Waals surface area contributed by atoms with Crippen LogP contribution in [0.1, 0.15) is 19.3 Å². The smallest absolute Gasteiger partial charge is 0.0215 e. The molecule has 0 radical (unpaired) electrons. The van der Waals surface area contributed by atoms with Crippen LogP contribution in [0.2, 0.25) is 0 Å². The van der Waals surface area contributed by atoms with Gasteiger partial charge >= 0.3 is 0 Å². The topological polar surface area (TPSA) is 32.5 Å². The maximum atomic E-state index is 5.90. The van der Waals surface area contributed by atoms with Gasteiger partial charge in [-0.1, -0.05) is 0 Å². The lowest BCUT2D eigenvalue weighted by atomic mass is 10.1. The molecule has 0 aromatic heterocycles. The predicted molar refractivity (Wildman–Crippen MR) is 78.7 cm³/mol. The SMILES string of the molecule is CSCCCC(CN)N(C)CC1CCN(C)C1. The first-order chi connectivity index (χ1) is 8.17. The van der Waals surface area contributed by atoms with Crippen LogP contribution in [0.3, 0.4) is 0 Å². The van der Waals surface area contributed by atoms with Crippen molar-refractivity contribution in [3.8, 4) is 0 Å². The van der Waals surface area contributed by atoms with Gasteiger partial charge in [0.2, 0.25) is 0 Å². The monoisotopic (exact) mass is 259 g/mol. The number of thioether (sulfide) groups is 1. The summed E-state index contributed by atoms with van der Waals surface area (Å²) in [4.78, 5) is 4.92. The van der Waals surface area contributed by atoms with Crippen LogP contribution >= 0.6 is 11.8 Å². The van der Waals surface area contributed by atoms with Gasteiger partial charge in [-0.25, -0.2) is 0 Å². The van der Waals surface area contributed by atoms with Crippen molar-refractivity contribution in [3.63, 3.8) is 0 Å². The van der Waals surface area contributed by atoms with Crippen molar-refractivity contribution in [2.75, 3.05) is 52.3 Å². The Balaban J connectivity index is 2.25. The standard InChI is InChI=1S/C13H29N3S/c1-15-7-6-12(10-15)11-16(2)13(9-14)5-4-8-17-3/h12-13H,4-11,14H2,1-3H3. The summed E-state index contributed by atoms with van der Waals surface area (Å²) in [5.74, 6) is 2.11. The largest absolute Gasteiger partial charge is 0.329 e. The minimum absolute atomic E-state index is 0.577. The molecule has 1 fully saturated rings. The Morgan fingerprint density at radius 2 is 2.29 bits per heavy atom. The molecule has 0 aromatic rings. The van der Waals surface area contributed by atoms with Crippen molar-refractivity contribution in [2.45, 2.75) is 25.3 Å². The minimum atomic E-state index is 0.577. The number of hydrogen-bond donors (Lipinski definition) is 1. The molecule has 2 unspecified atom stereocenters. The summed E-state index contributed by atoms with van der Waals surface area (Å²) in [5.41, 5.74) is 5.90. The van der Waals surface area contributed by atoms with E-state index >= 15 is 0 Å². The fraction of sp³-hybridized carbons (Fsp3) is 1.00. The van der Waals surface area contributed by atoms with E-state index in [9.17, 15) is 0 Å². The Hall–Kier alpha value is 0.230. The second-order valence-corrected chi connectivity index (χ2v) is 6.37. The average Bonchev–Trinajstić information content (AvgIpc) is 2.70. The van der Waals surface area contributed by atoms with Crippen molar-refractivity contribution in [2.24, 2.45) is 11.7 Å². The highest BCUT2D eigenvalue weighted by molar-refractivity contribution is 7.98. The van der Waals surface area contributed by atoms with Crippen LogP contribution in [0.25, 0.3) is 0 Å². The minimum Gasteiger partial charge on any atom is -0.329 e. The van der Waals surface area contributed by atoms with E-state index < -0.39 is 0 Å². The van der Waals surface area contributed by atoms with Gasteiger partial charge in [-0.05, 0) is 57.8 Å². The normalized spacial score (nSPS) is 23.5. The lowest BCUT2D eigenvalue weighted by Gasteiger charge is -2.29. The van der Waals surface area contributed by atoms with Gasteiger partial charge in [0.1, 0.15) is 0 Å². The third kappa shape index (κ3) is 5.60. The molecule has 0 aromatic carbocycles. The molecule has 0 aliphatic carbocycles. The van der Waals surface area contributed by atoms with E-state index in [1.807, 2.05) is 11.8 Å². The molecule has 1 aliphatic rings. The molecule has 2 atom stereocenters. The van der Waals surface area contributed by atoms with E-state index in [1.165, 1.54) is 44.6 Å². The second kappa shape index (κ2) is 8.35. The first-order valence-electron chi connectivity index (χ1n) is 6.75. The quantitative estimate of drug-likeness (QED) is 0.667. The van der Waals surface area contributed by atoms with Gasteiger partial charge in [0.15, 0.2) is 0 Å². The van der Waals surface area contributed by atoms with Gasteiger partial charge in [-0.3, -0.25) is 0 Å². The zero-order valence-electron chi connectivity index (χ0n) is 11.7. The lowest BCUT2D eigenvalue weighted by Crippen LogP contribution is -2.41. The molecule has 4 heteroatoms. The predicted octanol–water partition coefficient (Wildman–Crippen LogP) is 1.34. The van der Waals surface area contributed by atoms with Crippen molar-refractivity contribution < 1.29 is 0 Å². The Morgan fingerprint density at radius 1 is 1.53 bits per heavy atom. The van der Waals surface area contributed by atoms with Crippen LogP contribution < -0.4 is 5.73 Å². The molecule has 1 saturated heterocycles. The fourth-order valence-corrected chi connectivity index (χ4v) is 3.17. The first kappa shape index (κ1) is 15.3. The Kier molecular flexibility index (Phi) is 7.51. The highest BCUT2D eigenvalue weighted by Gasteiger charge is 2.23. The maximum Gasteiger partial charge on any atom is 0.0215 e. The molecule has 2 N–H and O–H groups in total. The number of likely N-dealkylation sites (N-methyl/N-ethyl adjacent to an activating group) is 1. The molecule has 3 nitrogen and oxygen atoms in total. The van der Waals surface area contributed by atoms with E-state index in [1.54, 1.807) is 0 Å². The van der Waals surface area contributed by atoms with Gasteiger partial charge in [-0.15, -0.1) is 0 Å². The van der Waals surface area contributed by atoms with Crippen LogP contribution in [0, 0.1) is 5.92 Å². The molecule has 0 saturated carbocycles. The Labute approximate surface area is 111 Å². The Morgan fingerprint density at radius 3 is 2.82 bits per heavy atom. The molecule has 1 rings (SSSR count). The number of nitrogens with two attached hydrogens (primary N) is 1. The maximum absolute atomic E-state index is 5.90. The Bertz CT molecular complexity index is 201. The second-order valence-electron chi connectivity index (χ2n) is 5.38. The molecule has 1 aliphatic heterocycles. The zero-order chi connectivity index (χ0) is 12.7. The van der Waals surface area contributed by atoms with E-state index in [0.29, 0.717) is 6.04 Å². The molecule has 1 heterocycles. The van der Waals surface area contributed by atoms with Crippen molar-refractivity contribution in [1.82, 2.24) is 9.80 Å². The lowest BCUT2D eigenvalue weighted by molar-refractivity contribution is 0.200. The third-order valence-corrected chi connectivity index (χ3v) is 4.51. The van der Waals surface area contributed by atoms with E-state index in [4.69, 9.17) is 5.73 Å². The molecule has 0 spiro atoms. The van der Waals surface area contributed by atoms with Crippen LogP contribution in [0.15, 0.2) is 0 Å². The summed E-state index contributed by atoms with van der Waals surface area (Å²) < 4.78 is 0. The first-order valence-corrected chi connectivity index (χ1v) is 8.14. The third-order valence-electron chi connectivity index (χ3n) is 3.82. The summed E-state index contributed by atoms with van der Waals surface area (Å²) in [6.07, 6.45) is 6.06. The average molecular weight is 259 g/mol. The van der Waals surface area contributed by atoms with Gasteiger partial charge in [0.05, 0.1) is 0 Å². The van der Waals surface area contributed by atoms with E-state index in [-0.39, 0.29) is 0 Å². The summed E-state index contributed by atoms with van der Waals surface area (Å²) in [5, 5.41) is 0. The fourth-order valence-electron chi connectivity index (χ4n) is 2.71. The van der Waals surface area contributed by atoms with Gasteiger partial charge in [0.25, 0.3) is 0 Å². The molecular formula is C13H29N3S. The van der Waals surface area contributed by atoms with Crippen LogP contribution in [0.4, 0.5) is 0 Å². The molecule has 0 amide bonds. The van der Waals surface area contributed by atoms with Gasteiger partial charge in [0, 0.05) is 25.7 Å². The number of likely N-dealkylation sites (tertiary alicyclic amines) is 1. The summed E-state index contributed by atoms with van der Waals surface area (Å²) in [6, 6.07) is 0.577. The van der Waals surface area contributed by atoms with Crippen LogP contribution in [0.5, 0.6) is 0 Å². The van der Waals surface area contributed by atoms with E-state index in [2.05, 4.69) is 30.2 Å². The van der Waals surface area contributed by atoms with Gasteiger partial charge in [-0.2, -0.15) is 11.8 Å². The van der Waals surface area contributed by atoms with E-state index in [0.717, 1.165) is 12.5 Å². The van der Waals surface area contributed by atoms with Crippen molar-refractivity contribution in [1.29, 1.82) is 0 Å². The zero-order valence-corrected chi connectivity index (χ0v) is 12.5. The highest BCUT2D eigenvalue weighted by Crippen LogP contribution is 2.17. The van der Waals surface area contributed by atoms with Crippen molar-refractivity contribution >= 4 is 11.8 Å². The highest BCUT2D eigenvalue weighted by atomic mass is 32.2. The number of nitrogens with zero attached hydrogens (tertiary/aromatic N) is 2. The molecule has 102 valence electrons. The number of rotatable bonds is 8. The van der Waals surface area contributed by atoms with Crippen molar-refractivity contribution in [3.05, 3.63) is 0 Å². The van der Waals surface area contributed by atoms with Gasteiger partial charge < -0.3 is 15.5 Å². The van der Waals surface area contributed by atoms with Crippen LogP contribution in [-0.4, -0.2) is 68.1 Å². The molecule has 0 bridgehead atoms. The number of hydrogen-bond acceptors (Lipinski definition) is 4. The molecule has 17 heavy (non-hydrogen) atoms. The van der Waals surface area contributed by atoms with Crippen LogP contribution in [-0.2, 0) is 0 Å². The molecular weight excluding hydrogens is 230 g/mol. The summed E-state index contributed by atoms with van der Waals surface area (Å²) in [6.45, 7) is 4.53. The summed E-state index contributed by atoms with van der Waals surface area (Å²) in [7, 11) is 4.47. The summed E-state index contributed by atoms with van der Waals surface area (Å²) >= 11 is 1.93.